The summed E-state index contributed by atoms with van der Waals surface area (Å²) in [5.74, 6) is -0.330. The molecule has 0 fully saturated rings. The number of thioether (sulfide) groups is 1. The molecule has 1 heterocycles. The van der Waals surface area contributed by atoms with E-state index < -0.39 is 0 Å². The van der Waals surface area contributed by atoms with Crippen molar-refractivity contribution in [3.8, 4) is 0 Å². The molecule has 2 aromatic carbocycles. The van der Waals surface area contributed by atoms with Crippen LogP contribution in [0.2, 0.25) is 0 Å². The molecule has 0 radical (unpaired) electrons. The molecule has 0 atom stereocenters. The minimum absolute atomic E-state index is 0.0903. The van der Waals surface area contributed by atoms with E-state index in [4.69, 9.17) is 0 Å². The number of fused-ring (bicyclic) bond motifs is 1. The highest BCUT2D eigenvalue weighted by molar-refractivity contribution is 8.02. The lowest BCUT2D eigenvalue weighted by molar-refractivity contribution is -0.167. The monoisotopic (exact) mass is 398 g/mol. The van der Waals surface area contributed by atoms with Crippen molar-refractivity contribution in [1.82, 2.24) is 5.06 Å². The van der Waals surface area contributed by atoms with E-state index in [2.05, 4.69) is 22.5 Å². The van der Waals surface area contributed by atoms with Gasteiger partial charge in [0.25, 0.3) is 0 Å². The van der Waals surface area contributed by atoms with Gasteiger partial charge in [0.05, 0.1) is 12.8 Å². The van der Waals surface area contributed by atoms with Gasteiger partial charge in [0.15, 0.2) is 0 Å². The van der Waals surface area contributed by atoms with Gasteiger partial charge in [0.2, 0.25) is 5.91 Å². The second kappa shape index (κ2) is 10.6. The summed E-state index contributed by atoms with van der Waals surface area (Å²) < 4.78 is 13.4. The number of hydrogen-bond acceptors (Lipinski definition) is 4. The van der Waals surface area contributed by atoms with E-state index in [1.54, 1.807) is 24.9 Å². The van der Waals surface area contributed by atoms with Crippen LogP contribution in [-0.2, 0) is 9.63 Å². The fourth-order valence-electron chi connectivity index (χ4n) is 2.39. The maximum absolute atomic E-state index is 13.4. The predicted octanol–water partition coefficient (Wildman–Crippen LogP) is 5.21. The van der Waals surface area contributed by atoms with E-state index >= 15 is 0 Å². The number of hydroxylamine groups is 2. The average molecular weight is 399 g/mol. The van der Waals surface area contributed by atoms with Crippen molar-refractivity contribution in [2.75, 3.05) is 14.2 Å². The molecule has 3 rings (SSSR count). The Morgan fingerprint density at radius 2 is 2.04 bits per heavy atom. The standard InChI is InChI=1S/C16H12FNS.C6H11NO2/c1-11-10-19-15-8-3-2-7-14(15)16(18-11)12-5-4-6-13(17)9-12;1-4-5-6(8)7(2)9-3/h2-10H,1H3;4H,1,5H2,2-3H3. The maximum Gasteiger partial charge on any atom is 0.249 e. The molecule has 146 valence electrons. The Hall–Kier alpha value is -2.70. The lowest BCUT2D eigenvalue weighted by Gasteiger charge is -2.11. The van der Waals surface area contributed by atoms with Crippen LogP contribution in [0.1, 0.15) is 24.5 Å². The first-order chi connectivity index (χ1) is 13.5. The molecule has 2 aromatic rings. The van der Waals surface area contributed by atoms with Gasteiger partial charge < -0.3 is 0 Å². The van der Waals surface area contributed by atoms with Crippen LogP contribution in [0.3, 0.4) is 0 Å². The SMILES string of the molecule is C=CCC(=O)N(C)OC.CC1=CSc2ccccc2C(c2cccc(F)c2)=N1. The first-order valence-corrected chi connectivity index (χ1v) is 9.53. The summed E-state index contributed by atoms with van der Waals surface area (Å²) in [5.41, 5.74) is 3.61. The zero-order chi connectivity index (χ0) is 20.5. The highest BCUT2D eigenvalue weighted by Crippen LogP contribution is 2.30. The smallest absolute Gasteiger partial charge is 0.249 e. The molecule has 0 N–H and O–H groups in total. The molecule has 0 saturated heterocycles. The molecular weight excluding hydrogens is 375 g/mol. The number of aliphatic imine (C=N–C) groups is 1. The van der Waals surface area contributed by atoms with E-state index in [1.807, 2.05) is 36.6 Å². The summed E-state index contributed by atoms with van der Waals surface area (Å²) in [4.78, 5) is 21.1. The average Bonchev–Trinajstić information content (AvgIpc) is 2.87. The second-order valence-electron chi connectivity index (χ2n) is 5.91. The molecular formula is C22H23FN2O2S. The zero-order valence-electron chi connectivity index (χ0n) is 16.2. The van der Waals surface area contributed by atoms with E-state index in [0.717, 1.165) is 27.4 Å². The van der Waals surface area contributed by atoms with E-state index in [0.29, 0.717) is 6.42 Å². The van der Waals surface area contributed by atoms with Crippen molar-refractivity contribution < 1.29 is 14.0 Å². The molecule has 1 amide bonds. The van der Waals surface area contributed by atoms with Crippen molar-refractivity contribution in [1.29, 1.82) is 0 Å². The third-order valence-electron chi connectivity index (χ3n) is 3.83. The number of allylic oxidation sites excluding steroid dienone is 1. The highest BCUT2D eigenvalue weighted by atomic mass is 32.2. The maximum atomic E-state index is 13.4. The van der Waals surface area contributed by atoms with Gasteiger partial charge >= 0.3 is 0 Å². The molecule has 0 aromatic heterocycles. The number of carbonyl (C=O) groups excluding carboxylic acids is 1. The highest BCUT2D eigenvalue weighted by Gasteiger charge is 2.14. The molecule has 28 heavy (non-hydrogen) atoms. The normalized spacial score (nSPS) is 12.4. The fourth-order valence-corrected chi connectivity index (χ4v) is 3.19. The van der Waals surface area contributed by atoms with Crippen molar-refractivity contribution in [2.45, 2.75) is 18.2 Å². The molecule has 1 aliphatic rings. The van der Waals surface area contributed by atoms with Crippen LogP contribution in [0, 0.1) is 5.82 Å². The van der Waals surface area contributed by atoms with Gasteiger partial charge in [-0.15, -0.1) is 6.58 Å². The second-order valence-corrected chi connectivity index (χ2v) is 6.82. The van der Waals surface area contributed by atoms with Crippen molar-refractivity contribution in [2.24, 2.45) is 4.99 Å². The number of halogens is 1. The molecule has 0 aliphatic carbocycles. The summed E-state index contributed by atoms with van der Waals surface area (Å²) in [6.07, 6.45) is 1.86. The fraction of sp³-hybridized carbons (Fsp3) is 0.182. The Balaban J connectivity index is 0.000000266. The number of hydrogen-bond donors (Lipinski definition) is 0. The minimum atomic E-state index is -0.240. The van der Waals surface area contributed by atoms with Crippen LogP contribution in [0.4, 0.5) is 4.39 Å². The van der Waals surface area contributed by atoms with Crippen LogP contribution in [0.15, 0.2) is 82.2 Å². The van der Waals surface area contributed by atoms with Crippen molar-refractivity contribution in [3.05, 3.63) is 89.2 Å². The third-order valence-corrected chi connectivity index (χ3v) is 4.90. The number of carbonyl (C=O) groups is 1. The molecule has 0 bridgehead atoms. The lowest BCUT2D eigenvalue weighted by Crippen LogP contribution is -2.24. The molecule has 0 saturated carbocycles. The zero-order valence-corrected chi connectivity index (χ0v) is 17.0. The molecule has 4 nitrogen and oxygen atoms in total. The van der Waals surface area contributed by atoms with Crippen LogP contribution < -0.4 is 0 Å². The number of nitrogens with zero attached hydrogens (tertiary/aromatic N) is 2. The summed E-state index contributed by atoms with van der Waals surface area (Å²) in [6.45, 7) is 5.37. The van der Waals surface area contributed by atoms with Gasteiger partial charge in [0, 0.05) is 35.2 Å². The third kappa shape index (κ3) is 5.90. The Morgan fingerprint density at radius 3 is 2.71 bits per heavy atom. The van der Waals surface area contributed by atoms with Crippen molar-refractivity contribution >= 4 is 23.4 Å². The Bertz CT molecular complexity index is 909. The quantitative estimate of drug-likeness (QED) is 0.524. The number of benzene rings is 2. The van der Waals surface area contributed by atoms with Gasteiger partial charge in [0.1, 0.15) is 5.82 Å². The molecule has 1 aliphatic heterocycles. The Labute approximate surface area is 169 Å². The van der Waals surface area contributed by atoms with Gasteiger partial charge in [-0.25, -0.2) is 9.45 Å². The van der Waals surface area contributed by atoms with Gasteiger partial charge in [-0.2, -0.15) is 0 Å². The van der Waals surface area contributed by atoms with E-state index in [9.17, 15) is 9.18 Å². The first-order valence-electron chi connectivity index (χ1n) is 8.65. The largest absolute Gasteiger partial charge is 0.275 e. The van der Waals surface area contributed by atoms with Crippen molar-refractivity contribution in [3.63, 3.8) is 0 Å². The summed E-state index contributed by atoms with van der Waals surface area (Å²) >= 11 is 1.65. The van der Waals surface area contributed by atoms with Gasteiger partial charge in [-0.3, -0.25) is 14.6 Å². The van der Waals surface area contributed by atoms with Gasteiger partial charge in [-0.1, -0.05) is 48.2 Å². The van der Waals surface area contributed by atoms with Crippen LogP contribution in [-0.4, -0.2) is 30.8 Å². The Kier molecular flexibility index (Phi) is 8.17. The summed E-state index contributed by atoms with van der Waals surface area (Å²) in [5, 5.41) is 3.19. The lowest BCUT2D eigenvalue weighted by atomic mass is 10.0. The molecule has 0 spiro atoms. The Morgan fingerprint density at radius 1 is 1.29 bits per heavy atom. The summed E-state index contributed by atoms with van der Waals surface area (Å²) in [7, 11) is 3.01. The van der Waals surface area contributed by atoms with Crippen LogP contribution >= 0.6 is 11.8 Å². The van der Waals surface area contributed by atoms with Crippen LogP contribution in [0.25, 0.3) is 0 Å². The number of amides is 1. The first kappa shape index (κ1) is 21.6. The van der Waals surface area contributed by atoms with E-state index in [1.165, 1.54) is 30.4 Å². The number of rotatable bonds is 4. The molecule has 6 heteroatoms. The minimum Gasteiger partial charge on any atom is -0.275 e. The topological polar surface area (TPSA) is 41.9 Å². The van der Waals surface area contributed by atoms with E-state index in [-0.39, 0.29) is 11.7 Å². The predicted molar refractivity (Wildman–Crippen MR) is 113 cm³/mol. The van der Waals surface area contributed by atoms with Crippen LogP contribution in [0.5, 0.6) is 0 Å². The molecule has 0 unspecified atom stereocenters. The van der Waals surface area contributed by atoms with Gasteiger partial charge in [-0.05, 0) is 30.5 Å². The summed E-state index contributed by atoms with van der Waals surface area (Å²) in [6, 6.07) is 14.7.